The molecule has 1 amide bonds. The molecule has 7 heteroatoms. The minimum absolute atomic E-state index is 0. The summed E-state index contributed by atoms with van der Waals surface area (Å²) in [6.45, 7) is 10.9. The quantitative estimate of drug-likeness (QED) is 0.412. The van der Waals surface area contributed by atoms with Crippen LogP contribution in [0.25, 0.3) is 10.1 Å². The number of aryl methyl sites for hydroxylation is 1. The van der Waals surface area contributed by atoms with E-state index in [0.717, 1.165) is 51.3 Å². The molecule has 1 saturated heterocycles. The molecule has 178 valence electrons. The van der Waals surface area contributed by atoms with Gasteiger partial charge in [-0.1, -0.05) is 12.1 Å². The van der Waals surface area contributed by atoms with E-state index in [4.69, 9.17) is 4.74 Å². The highest BCUT2D eigenvalue weighted by molar-refractivity contribution is 7.17. The Morgan fingerprint density at radius 3 is 2.55 bits per heavy atom. The number of fused-ring (bicyclic) bond motifs is 1. The maximum absolute atomic E-state index is 12.3. The van der Waals surface area contributed by atoms with Crippen molar-refractivity contribution in [1.29, 1.82) is 0 Å². The van der Waals surface area contributed by atoms with Gasteiger partial charge in [0.1, 0.15) is 5.75 Å². The second-order valence-electron chi connectivity index (χ2n) is 8.37. The predicted molar refractivity (Wildman–Crippen MR) is 142 cm³/mol. The Morgan fingerprint density at radius 1 is 1.06 bits per heavy atom. The monoisotopic (exact) mass is 487 g/mol. The fourth-order valence-corrected chi connectivity index (χ4v) is 5.28. The largest absolute Gasteiger partial charge is 0.494 e. The molecule has 4 rings (SSSR count). The van der Waals surface area contributed by atoms with Gasteiger partial charge >= 0.3 is 0 Å². The van der Waals surface area contributed by atoms with E-state index in [-0.39, 0.29) is 18.3 Å². The van der Waals surface area contributed by atoms with Crippen molar-refractivity contribution in [3.05, 3.63) is 59.0 Å². The van der Waals surface area contributed by atoms with Gasteiger partial charge in [-0.25, -0.2) is 0 Å². The lowest BCUT2D eigenvalue weighted by atomic mass is 10.1. The summed E-state index contributed by atoms with van der Waals surface area (Å²) >= 11 is 1.85. The van der Waals surface area contributed by atoms with Gasteiger partial charge in [-0.3, -0.25) is 9.69 Å². The molecule has 1 aliphatic rings. The number of thiophene rings is 1. The molecule has 5 nitrogen and oxygen atoms in total. The van der Waals surface area contributed by atoms with Crippen molar-refractivity contribution in [3.63, 3.8) is 0 Å². The summed E-state index contributed by atoms with van der Waals surface area (Å²) in [6, 6.07) is 14.1. The fourth-order valence-electron chi connectivity index (χ4n) is 4.21. The summed E-state index contributed by atoms with van der Waals surface area (Å²) in [4.78, 5) is 17.3. The highest BCUT2D eigenvalue weighted by atomic mass is 35.5. The molecule has 1 N–H and O–H groups in total. The number of ether oxygens (including phenoxy) is 1. The van der Waals surface area contributed by atoms with E-state index in [2.05, 4.69) is 45.6 Å². The molecular formula is C26H34ClN3O2S. The number of unbranched alkanes of at least 4 members (excludes halogenated alkanes) is 1. The van der Waals surface area contributed by atoms with Crippen LogP contribution in [0.5, 0.6) is 5.75 Å². The first-order valence-corrected chi connectivity index (χ1v) is 12.5. The molecule has 1 aliphatic heterocycles. The van der Waals surface area contributed by atoms with Crippen molar-refractivity contribution < 1.29 is 9.53 Å². The van der Waals surface area contributed by atoms with E-state index in [0.29, 0.717) is 18.7 Å². The normalized spacial score (nSPS) is 14.2. The van der Waals surface area contributed by atoms with Crippen molar-refractivity contribution >= 4 is 45.4 Å². The van der Waals surface area contributed by atoms with E-state index >= 15 is 0 Å². The van der Waals surface area contributed by atoms with Gasteiger partial charge < -0.3 is 15.0 Å². The maximum Gasteiger partial charge on any atom is 0.251 e. The third-order valence-corrected chi connectivity index (χ3v) is 6.97. The average Bonchev–Trinajstić information content (AvgIpc) is 3.23. The van der Waals surface area contributed by atoms with Crippen molar-refractivity contribution in [1.82, 2.24) is 10.2 Å². The van der Waals surface area contributed by atoms with Crippen molar-refractivity contribution in [2.24, 2.45) is 0 Å². The molecule has 3 aromatic rings. The molecule has 0 unspecified atom stereocenters. The zero-order valence-electron chi connectivity index (χ0n) is 19.5. The summed E-state index contributed by atoms with van der Waals surface area (Å²) in [7, 11) is 0. The number of carbonyl (C=O) groups is 1. The molecule has 2 aromatic carbocycles. The van der Waals surface area contributed by atoms with E-state index in [1.54, 1.807) is 0 Å². The Labute approximate surface area is 207 Å². The number of hydrogen-bond donors (Lipinski definition) is 1. The third kappa shape index (κ3) is 6.62. The molecule has 0 radical (unpaired) electrons. The van der Waals surface area contributed by atoms with Crippen LogP contribution < -0.4 is 15.0 Å². The van der Waals surface area contributed by atoms with Crippen LogP contribution in [-0.4, -0.2) is 56.7 Å². The van der Waals surface area contributed by atoms with E-state index in [1.807, 2.05) is 42.5 Å². The van der Waals surface area contributed by atoms with Crippen LogP contribution in [-0.2, 0) is 0 Å². The summed E-state index contributed by atoms with van der Waals surface area (Å²) in [5.74, 6) is 0.784. The van der Waals surface area contributed by atoms with Gasteiger partial charge in [0.15, 0.2) is 0 Å². The van der Waals surface area contributed by atoms with Crippen LogP contribution in [0.15, 0.2) is 47.8 Å². The summed E-state index contributed by atoms with van der Waals surface area (Å²) in [5.41, 5.74) is 3.40. The predicted octanol–water partition coefficient (Wildman–Crippen LogP) is 5.36. The first-order chi connectivity index (χ1) is 15.6. The molecule has 1 aromatic heterocycles. The second kappa shape index (κ2) is 12.3. The topological polar surface area (TPSA) is 44.8 Å². The molecule has 33 heavy (non-hydrogen) atoms. The van der Waals surface area contributed by atoms with Gasteiger partial charge in [-0.2, -0.15) is 0 Å². The Kier molecular flexibility index (Phi) is 9.41. The van der Waals surface area contributed by atoms with Gasteiger partial charge in [0, 0.05) is 53.8 Å². The van der Waals surface area contributed by atoms with Gasteiger partial charge in [-0.15, -0.1) is 23.7 Å². The molecule has 0 atom stereocenters. The minimum Gasteiger partial charge on any atom is -0.494 e. The zero-order chi connectivity index (χ0) is 22.3. The third-order valence-electron chi connectivity index (χ3n) is 6.04. The van der Waals surface area contributed by atoms with Crippen molar-refractivity contribution in [2.45, 2.75) is 26.7 Å². The number of benzene rings is 2. The molecule has 2 heterocycles. The Balaban J connectivity index is 0.00000306. The lowest BCUT2D eigenvalue weighted by Gasteiger charge is -2.35. The first kappa shape index (κ1) is 25.3. The van der Waals surface area contributed by atoms with Gasteiger partial charge in [0.25, 0.3) is 5.91 Å². The summed E-state index contributed by atoms with van der Waals surface area (Å²) in [5, 5.41) is 6.73. The molecular weight excluding hydrogens is 454 g/mol. The number of carbonyl (C=O) groups excluding carboxylic acids is 1. The minimum atomic E-state index is -0.0140. The first-order valence-electron chi connectivity index (χ1n) is 11.6. The standard InChI is InChI=1S/C26H33N3O2S.ClH/c1-3-31-22-9-7-21(8-10-22)26(30)27-12-4-5-13-28-14-16-29(17-15-28)24-19-32-25-18-20(2)6-11-23(24)25;/h6-11,18-19H,3-5,12-17H2,1-2H3,(H,27,30);1H. The smallest absolute Gasteiger partial charge is 0.251 e. The lowest BCUT2D eigenvalue weighted by molar-refractivity contribution is 0.0952. The van der Waals surface area contributed by atoms with Crippen molar-refractivity contribution in [3.8, 4) is 5.75 Å². The van der Waals surface area contributed by atoms with Gasteiger partial charge in [0.2, 0.25) is 0 Å². The van der Waals surface area contributed by atoms with Crippen LogP contribution in [0.2, 0.25) is 0 Å². The maximum atomic E-state index is 12.3. The number of hydrogen-bond acceptors (Lipinski definition) is 5. The number of nitrogens with one attached hydrogen (secondary N) is 1. The van der Waals surface area contributed by atoms with Crippen LogP contribution in [0, 0.1) is 6.92 Å². The highest BCUT2D eigenvalue weighted by Crippen LogP contribution is 2.34. The van der Waals surface area contributed by atoms with E-state index in [1.165, 1.54) is 21.3 Å². The summed E-state index contributed by atoms with van der Waals surface area (Å²) in [6.07, 6.45) is 2.10. The number of amides is 1. The van der Waals surface area contributed by atoms with Crippen LogP contribution in [0.3, 0.4) is 0 Å². The number of halogens is 1. The number of nitrogens with zero attached hydrogens (tertiary/aromatic N) is 2. The Bertz CT molecular complexity index is 1030. The summed E-state index contributed by atoms with van der Waals surface area (Å²) < 4.78 is 6.81. The van der Waals surface area contributed by atoms with E-state index in [9.17, 15) is 4.79 Å². The van der Waals surface area contributed by atoms with Crippen LogP contribution in [0.1, 0.15) is 35.7 Å². The molecule has 1 fully saturated rings. The molecule has 0 spiro atoms. The van der Waals surface area contributed by atoms with Gasteiger partial charge in [0.05, 0.1) is 12.3 Å². The molecule has 0 bridgehead atoms. The number of anilines is 1. The zero-order valence-corrected chi connectivity index (χ0v) is 21.1. The van der Waals surface area contributed by atoms with Crippen LogP contribution in [0.4, 0.5) is 5.69 Å². The lowest BCUT2D eigenvalue weighted by Crippen LogP contribution is -2.46. The molecule has 0 saturated carbocycles. The SMILES string of the molecule is CCOc1ccc(C(=O)NCCCCN2CCN(c3csc4cc(C)ccc34)CC2)cc1.Cl. The number of piperazine rings is 1. The van der Waals surface area contributed by atoms with E-state index < -0.39 is 0 Å². The number of rotatable bonds is 9. The van der Waals surface area contributed by atoms with Crippen LogP contribution >= 0.6 is 23.7 Å². The second-order valence-corrected chi connectivity index (χ2v) is 9.28. The Hall–Kier alpha value is -2.28. The van der Waals surface area contributed by atoms with Crippen molar-refractivity contribution in [2.75, 3.05) is 50.8 Å². The molecule has 0 aliphatic carbocycles. The van der Waals surface area contributed by atoms with Gasteiger partial charge in [-0.05, 0) is 69.1 Å². The Morgan fingerprint density at radius 2 is 1.82 bits per heavy atom. The fraction of sp³-hybridized carbons (Fsp3) is 0.423. The highest BCUT2D eigenvalue weighted by Gasteiger charge is 2.19. The average molecular weight is 488 g/mol.